The van der Waals surface area contributed by atoms with Gasteiger partial charge in [0.2, 0.25) is 0 Å². The number of piperidine rings is 1. The van der Waals surface area contributed by atoms with Gasteiger partial charge in [0.15, 0.2) is 0 Å². The van der Waals surface area contributed by atoms with Gasteiger partial charge in [0.05, 0.1) is 25.9 Å². The van der Waals surface area contributed by atoms with E-state index in [4.69, 9.17) is 14.7 Å². The van der Waals surface area contributed by atoms with E-state index < -0.39 is 0 Å². The Morgan fingerprint density at radius 1 is 1.04 bits per heavy atom. The fourth-order valence-corrected chi connectivity index (χ4v) is 3.68. The van der Waals surface area contributed by atoms with Crippen LogP contribution in [0.4, 0.5) is 0 Å². The van der Waals surface area contributed by atoms with Gasteiger partial charge >= 0.3 is 0 Å². The van der Waals surface area contributed by atoms with E-state index in [1.54, 1.807) is 0 Å². The van der Waals surface area contributed by atoms with E-state index in [0.717, 1.165) is 84.1 Å². The van der Waals surface area contributed by atoms with Crippen molar-refractivity contribution < 1.29 is 9.47 Å². The molecule has 0 saturated carbocycles. The van der Waals surface area contributed by atoms with Crippen molar-refractivity contribution in [2.24, 2.45) is 5.92 Å². The van der Waals surface area contributed by atoms with Gasteiger partial charge in [-0.15, -0.1) is 0 Å². The van der Waals surface area contributed by atoms with Crippen molar-refractivity contribution in [3.63, 3.8) is 0 Å². The summed E-state index contributed by atoms with van der Waals surface area (Å²) in [5.74, 6) is 1.26. The van der Waals surface area contributed by atoms with Gasteiger partial charge in [-0.1, -0.05) is 18.2 Å². The van der Waals surface area contributed by atoms with Crippen molar-refractivity contribution in [1.29, 1.82) is 5.26 Å². The molecule has 26 heavy (non-hydrogen) atoms. The SMILES string of the molecule is N#CC1CCN(Cc2ccccc2OCCCCN2CCOCC2)CC1. The summed E-state index contributed by atoms with van der Waals surface area (Å²) >= 11 is 0. The van der Waals surface area contributed by atoms with Crippen LogP contribution >= 0.6 is 0 Å². The van der Waals surface area contributed by atoms with Crippen LogP contribution in [0.25, 0.3) is 0 Å². The number of para-hydroxylation sites is 1. The molecule has 5 nitrogen and oxygen atoms in total. The molecule has 2 aliphatic rings. The maximum atomic E-state index is 9.04. The van der Waals surface area contributed by atoms with Gasteiger partial charge in [-0.05, 0) is 51.4 Å². The lowest BCUT2D eigenvalue weighted by Crippen LogP contribution is -2.36. The predicted octanol–water partition coefficient (Wildman–Crippen LogP) is 2.91. The van der Waals surface area contributed by atoms with E-state index in [-0.39, 0.29) is 5.92 Å². The minimum absolute atomic E-state index is 0.240. The van der Waals surface area contributed by atoms with E-state index in [0.29, 0.717) is 0 Å². The molecular formula is C21H31N3O2. The Kier molecular flexibility index (Phi) is 7.75. The maximum absolute atomic E-state index is 9.04. The summed E-state index contributed by atoms with van der Waals surface area (Å²) in [5.41, 5.74) is 1.26. The molecule has 0 bridgehead atoms. The average Bonchev–Trinajstić information content (AvgIpc) is 2.70. The van der Waals surface area contributed by atoms with Crippen LogP contribution in [0, 0.1) is 17.2 Å². The molecule has 2 aliphatic heterocycles. The van der Waals surface area contributed by atoms with Gasteiger partial charge in [-0.3, -0.25) is 9.80 Å². The molecule has 2 saturated heterocycles. The molecule has 0 atom stereocenters. The minimum atomic E-state index is 0.240. The van der Waals surface area contributed by atoms with Crippen molar-refractivity contribution in [2.75, 3.05) is 52.5 Å². The molecule has 0 spiro atoms. The average molecular weight is 357 g/mol. The predicted molar refractivity (Wildman–Crippen MR) is 102 cm³/mol. The first kappa shape index (κ1) is 19.2. The quantitative estimate of drug-likeness (QED) is 0.670. The van der Waals surface area contributed by atoms with Crippen LogP contribution in [-0.4, -0.2) is 62.3 Å². The second kappa shape index (κ2) is 10.5. The zero-order valence-electron chi connectivity index (χ0n) is 15.7. The third-order valence-corrected chi connectivity index (χ3v) is 5.37. The lowest BCUT2D eigenvalue weighted by molar-refractivity contribution is 0.0368. The number of likely N-dealkylation sites (tertiary alicyclic amines) is 1. The first-order chi connectivity index (χ1) is 12.8. The van der Waals surface area contributed by atoms with Crippen molar-refractivity contribution in [3.05, 3.63) is 29.8 Å². The highest BCUT2D eigenvalue weighted by atomic mass is 16.5. The molecule has 0 amide bonds. The summed E-state index contributed by atoms with van der Waals surface area (Å²) in [7, 11) is 0. The Balaban J connectivity index is 1.39. The first-order valence-electron chi connectivity index (χ1n) is 9.98. The largest absolute Gasteiger partial charge is 0.493 e. The number of unbranched alkanes of at least 4 members (excludes halogenated alkanes) is 1. The van der Waals surface area contributed by atoms with Crippen LogP contribution in [-0.2, 0) is 11.3 Å². The van der Waals surface area contributed by atoms with E-state index in [1.807, 2.05) is 0 Å². The molecule has 0 radical (unpaired) electrons. The third kappa shape index (κ3) is 5.98. The highest BCUT2D eigenvalue weighted by molar-refractivity contribution is 5.33. The number of benzene rings is 1. The van der Waals surface area contributed by atoms with Gasteiger partial charge in [0.1, 0.15) is 5.75 Å². The molecule has 2 fully saturated rings. The van der Waals surface area contributed by atoms with Gasteiger partial charge in [0, 0.05) is 31.1 Å². The van der Waals surface area contributed by atoms with Crippen LogP contribution in [0.2, 0.25) is 0 Å². The van der Waals surface area contributed by atoms with Crippen LogP contribution in [0.5, 0.6) is 5.75 Å². The van der Waals surface area contributed by atoms with E-state index in [1.165, 1.54) is 12.0 Å². The lowest BCUT2D eigenvalue weighted by Gasteiger charge is -2.29. The molecule has 0 aliphatic carbocycles. The van der Waals surface area contributed by atoms with Crippen LogP contribution in [0.15, 0.2) is 24.3 Å². The fraction of sp³-hybridized carbons (Fsp3) is 0.667. The Hall–Kier alpha value is -1.61. The van der Waals surface area contributed by atoms with Crippen molar-refractivity contribution >= 4 is 0 Å². The smallest absolute Gasteiger partial charge is 0.123 e. The fourth-order valence-electron chi connectivity index (χ4n) is 3.68. The van der Waals surface area contributed by atoms with E-state index >= 15 is 0 Å². The molecule has 0 aromatic heterocycles. The summed E-state index contributed by atoms with van der Waals surface area (Å²) in [5, 5.41) is 9.04. The van der Waals surface area contributed by atoms with Gasteiger partial charge in [-0.2, -0.15) is 5.26 Å². The topological polar surface area (TPSA) is 48.7 Å². The van der Waals surface area contributed by atoms with Crippen molar-refractivity contribution in [1.82, 2.24) is 9.80 Å². The number of hydrogen-bond donors (Lipinski definition) is 0. The Bertz CT molecular complexity index is 573. The summed E-state index contributed by atoms with van der Waals surface area (Å²) in [6, 6.07) is 10.8. The number of nitrogens with zero attached hydrogens (tertiary/aromatic N) is 3. The molecule has 5 heteroatoms. The molecule has 3 rings (SSSR count). The Morgan fingerprint density at radius 2 is 1.81 bits per heavy atom. The standard InChI is InChI=1S/C21H31N3O2/c22-17-19-7-10-24(11-8-19)18-20-5-1-2-6-21(20)26-14-4-3-9-23-12-15-25-16-13-23/h1-2,5-6,19H,3-4,7-16,18H2. The summed E-state index contributed by atoms with van der Waals surface area (Å²) in [4.78, 5) is 4.91. The summed E-state index contributed by atoms with van der Waals surface area (Å²) in [6.45, 7) is 8.71. The lowest BCUT2D eigenvalue weighted by atomic mass is 9.98. The van der Waals surface area contributed by atoms with Gasteiger partial charge in [-0.25, -0.2) is 0 Å². The second-order valence-corrected chi connectivity index (χ2v) is 7.30. The maximum Gasteiger partial charge on any atom is 0.123 e. The summed E-state index contributed by atoms with van der Waals surface area (Å²) < 4.78 is 11.5. The van der Waals surface area contributed by atoms with Crippen molar-refractivity contribution in [3.8, 4) is 11.8 Å². The van der Waals surface area contributed by atoms with Gasteiger partial charge in [0.25, 0.3) is 0 Å². The molecule has 1 aromatic rings. The number of rotatable bonds is 8. The van der Waals surface area contributed by atoms with Crippen molar-refractivity contribution in [2.45, 2.75) is 32.2 Å². The Morgan fingerprint density at radius 3 is 2.58 bits per heavy atom. The molecule has 1 aromatic carbocycles. The highest BCUT2D eigenvalue weighted by Gasteiger charge is 2.19. The van der Waals surface area contributed by atoms with E-state index in [9.17, 15) is 0 Å². The molecule has 0 N–H and O–H groups in total. The normalized spacial score (nSPS) is 20.0. The number of nitriles is 1. The molecule has 142 valence electrons. The summed E-state index contributed by atoms with van der Waals surface area (Å²) in [6.07, 6.45) is 4.23. The van der Waals surface area contributed by atoms with Crippen LogP contribution in [0.3, 0.4) is 0 Å². The number of ether oxygens (including phenoxy) is 2. The Labute approximate surface area is 157 Å². The molecular weight excluding hydrogens is 326 g/mol. The first-order valence-corrected chi connectivity index (χ1v) is 9.98. The second-order valence-electron chi connectivity index (χ2n) is 7.30. The molecule has 2 heterocycles. The zero-order valence-corrected chi connectivity index (χ0v) is 15.7. The number of morpholine rings is 1. The monoisotopic (exact) mass is 357 g/mol. The highest BCUT2D eigenvalue weighted by Crippen LogP contribution is 2.23. The van der Waals surface area contributed by atoms with Gasteiger partial charge < -0.3 is 9.47 Å². The molecule has 0 unspecified atom stereocenters. The number of hydrogen-bond acceptors (Lipinski definition) is 5. The minimum Gasteiger partial charge on any atom is -0.493 e. The van der Waals surface area contributed by atoms with Crippen LogP contribution < -0.4 is 4.74 Å². The third-order valence-electron chi connectivity index (χ3n) is 5.37. The zero-order chi connectivity index (χ0) is 18.0. The van der Waals surface area contributed by atoms with Crippen LogP contribution in [0.1, 0.15) is 31.2 Å². The van der Waals surface area contributed by atoms with E-state index in [2.05, 4.69) is 40.1 Å².